The number of pyridine rings is 1. The first-order valence-corrected chi connectivity index (χ1v) is 19.8. The fourth-order valence-electron chi connectivity index (χ4n) is 8.98. The fraction of sp³-hybridized carbons (Fsp3) is 0.463. The number of imide groups is 1. The molecule has 59 heavy (non-hydrogen) atoms. The number of fused-ring (bicyclic) bond motifs is 2. The molecule has 2 N–H and O–H groups in total. The summed E-state index contributed by atoms with van der Waals surface area (Å²) in [6.45, 7) is 2.65. The van der Waals surface area contributed by atoms with E-state index in [0.717, 1.165) is 87.6 Å². The molecule has 1 unspecified atom stereocenters. The van der Waals surface area contributed by atoms with Crippen molar-refractivity contribution in [3.05, 3.63) is 82.2 Å². The lowest BCUT2D eigenvalue weighted by molar-refractivity contribution is -0.141. The van der Waals surface area contributed by atoms with Crippen molar-refractivity contribution in [1.29, 1.82) is 0 Å². The lowest BCUT2D eigenvalue weighted by atomic mass is 9.85. The average molecular weight is 822 g/mol. The second kappa shape index (κ2) is 15.8. The Morgan fingerprint density at radius 3 is 2.41 bits per heavy atom. The van der Waals surface area contributed by atoms with Crippen molar-refractivity contribution in [2.24, 2.45) is 13.0 Å². The number of halogens is 5. The third kappa shape index (κ3) is 8.06. The summed E-state index contributed by atoms with van der Waals surface area (Å²) >= 11 is 0. The minimum absolute atomic E-state index is 0.0623. The van der Waals surface area contributed by atoms with Crippen LogP contribution in [0.4, 0.5) is 33.3 Å². The fourth-order valence-corrected chi connectivity index (χ4v) is 8.98. The molecule has 2 aliphatic heterocycles. The first-order valence-electron chi connectivity index (χ1n) is 19.8. The molecular weight excluding hydrogens is 777 g/mol. The smallest absolute Gasteiger partial charge is 0.371 e. The largest absolute Gasteiger partial charge is 0.433 e. The van der Waals surface area contributed by atoms with Gasteiger partial charge in [0.1, 0.15) is 17.4 Å². The number of piperidine rings is 2. The van der Waals surface area contributed by atoms with E-state index in [0.29, 0.717) is 28.4 Å². The summed E-state index contributed by atoms with van der Waals surface area (Å²) in [6.07, 6.45) is 0.0795. The van der Waals surface area contributed by atoms with Crippen LogP contribution in [0.2, 0.25) is 0 Å². The van der Waals surface area contributed by atoms with E-state index < -0.39 is 47.4 Å². The second-order valence-electron chi connectivity index (χ2n) is 16.0. The molecule has 3 fully saturated rings. The number of hydrogen-bond acceptors (Lipinski definition) is 8. The highest BCUT2D eigenvalue weighted by Gasteiger charge is 2.34. The van der Waals surface area contributed by atoms with E-state index in [2.05, 4.69) is 37.6 Å². The first kappa shape index (κ1) is 40.1. The van der Waals surface area contributed by atoms with E-state index in [1.54, 1.807) is 22.5 Å². The molecule has 2 saturated heterocycles. The zero-order valence-corrected chi connectivity index (χ0v) is 32.5. The summed E-state index contributed by atoms with van der Waals surface area (Å²) in [4.78, 5) is 58.5. The maximum Gasteiger partial charge on any atom is 0.433 e. The number of rotatable bonds is 9. The van der Waals surface area contributed by atoms with Crippen molar-refractivity contribution in [3.8, 4) is 0 Å². The van der Waals surface area contributed by atoms with Gasteiger partial charge in [-0.2, -0.15) is 18.3 Å². The topological polar surface area (TPSA) is 139 Å². The Morgan fingerprint density at radius 1 is 0.966 bits per heavy atom. The van der Waals surface area contributed by atoms with Crippen LogP contribution in [0.5, 0.6) is 0 Å². The van der Waals surface area contributed by atoms with Crippen LogP contribution in [0.3, 0.4) is 0 Å². The van der Waals surface area contributed by atoms with Crippen LogP contribution < -0.4 is 21.2 Å². The molecule has 1 saturated carbocycles. The summed E-state index contributed by atoms with van der Waals surface area (Å²) in [5.74, 6) is -1.34. The predicted octanol–water partition coefficient (Wildman–Crippen LogP) is 6.60. The van der Waals surface area contributed by atoms with Crippen LogP contribution in [0.25, 0.3) is 21.9 Å². The molecule has 2 aromatic carbocycles. The zero-order chi connectivity index (χ0) is 41.7. The number of benzene rings is 2. The molecule has 312 valence electrons. The molecule has 18 heteroatoms. The first-order chi connectivity index (χ1) is 28.1. The van der Waals surface area contributed by atoms with Crippen molar-refractivity contribution in [1.82, 2.24) is 34.1 Å². The van der Waals surface area contributed by atoms with Gasteiger partial charge in [-0.05, 0) is 100 Å². The highest BCUT2D eigenvalue weighted by Crippen LogP contribution is 2.37. The van der Waals surface area contributed by atoms with Crippen LogP contribution in [0.1, 0.15) is 91.6 Å². The van der Waals surface area contributed by atoms with Crippen molar-refractivity contribution >= 4 is 51.0 Å². The molecule has 1 atom stereocenters. The molecule has 0 radical (unpaired) electrons. The van der Waals surface area contributed by atoms with Crippen molar-refractivity contribution in [3.63, 3.8) is 0 Å². The number of amides is 3. The van der Waals surface area contributed by atoms with E-state index in [1.165, 1.54) is 16.7 Å². The quantitative estimate of drug-likeness (QED) is 0.125. The normalized spacial score (nSPS) is 20.9. The van der Waals surface area contributed by atoms with E-state index in [-0.39, 0.29) is 36.2 Å². The lowest BCUT2D eigenvalue weighted by Crippen LogP contribution is -2.45. The number of nitrogens with zero attached hydrogens (tertiary/aromatic N) is 7. The Balaban J connectivity index is 0.858. The molecule has 5 aromatic rings. The van der Waals surface area contributed by atoms with Gasteiger partial charge in [-0.3, -0.25) is 33.5 Å². The summed E-state index contributed by atoms with van der Waals surface area (Å²) < 4.78 is 72.6. The molecule has 1 aliphatic carbocycles. The number of aryl methyl sites for hydroxylation is 1. The Kier molecular flexibility index (Phi) is 10.8. The van der Waals surface area contributed by atoms with Gasteiger partial charge < -0.3 is 15.1 Å². The average Bonchev–Trinajstić information content (AvgIpc) is 3.74. The van der Waals surface area contributed by atoms with Gasteiger partial charge in [0.15, 0.2) is 0 Å². The number of carbonyl (C=O) groups is 3. The van der Waals surface area contributed by atoms with Crippen LogP contribution >= 0.6 is 0 Å². The second-order valence-corrected chi connectivity index (χ2v) is 16.0. The third-order valence-electron chi connectivity index (χ3n) is 12.2. The third-order valence-corrected chi connectivity index (χ3v) is 12.2. The van der Waals surface area contributed by atoms with Crippen LogP contribution in [0, 0.1) is 5.92 Å². The van der Waals surface area contributed by atoms with E-state index in [1.807, 2.05) is 18.2 Å². The molecule has 3 aliphatic rings. The molecule has 0 spiro atoms. The number of aromatic nitrogens is 5. The molecule has 0 bridgehead atoms. The number of alkyl halides is 5. The number of hydrogen-bond donors (Lipinski definition) is 2. The van der Waals surface area contributed by atoms with E-state index >= 15 is 0 Å². The number of imidazole rings is 1. The minimum Gasteiger partial charge on any atom is -0.371 e. The molecule has 3 amide bonds. The Morgan fingerprint density at radius 2 is 1.71 bits per heavy atom. The minimum atomic E-state index is -4.77. The Hall–Kier alpha value is -5.65. The highest BCUT2D eigenvalue weighted by molar-refractivity contribution is 6.04. The summed E-state index contributed by atoms with van der Waals surface area (Å²) in [6, 6.07) is 11.1. The lowest BCUT2D eigenvalue weighted by Gasteiger charge is -2.40. The van der Waals surface area contributed by atoms with Crippen molar-refractivity contribution < 1.29 is 36.3 Å². The number of anilines is 2. The SMILES string of the molecule is CN(C[C@H]1CC[C@H](n2cc3cc(NC(=O)c4cccc(C(F)(F)F)n4)c(C(F)F)cc3n2)CC1)C1CCN(c2ccc3c(c2)n(C)c(=O)n3C2CCC(=O)NC2=O)CC1. The summed E-state index contributed by atoms with van der Waals surface area (Å²) in [5, 5.41) is 9.81. The Bertz CT molecular complexity index is 2480. The van der Waals surface area contributed by atoms with Gasteiger partial charge in [0.25, 0.3) is 12.3 Å². The van der Waals surface area contributed by atoms with Gasteiger partial charge in [-0.25, -0.2) is 18.6 Å². The predicted molar refractivity (Wildman–Crippen MR) is 209 cm³/mol. The maximum atomic E-state index is 14.1. The van der Waals surface area contributed by atoms with Crippen LogP contribution in [0.15, 0.2) is 59.5 Å². The standard InChI is InChI=1S/C41H44F5N9O4/c1-51(25-14-16-53(17-15-25)27-10-11-32-34(19-27)52(2)40(59)55(32)33-12-13-36(56)49-39(33)58)21-23-6-8-26(9-7-23)54-22-24-18-31(28(37(42)43)20-30(24)50-54)48-38(57)29-4-3-5-35(47-29)41(44,45)46/h3-5,10-11,18-20,22-23,25-26,33,37H,6-9,12-17,21H2,1-2H3,(H,48,57)(H,49,56,58)/t23-,26-,33?. The molecular formula is C41H44F5N9O4. The van der Waals surface area contributed by atoms with Gasteiger partial charge in [0, 0.05) is 62.0 Å². The van der Waals surface area contributed by atoms with Gasteiger partial charge in [0.2, 0.25) is 11.8 Å². The van der Waals surface area contributed by atoms with Crippen LogP contribution in [-0.2, 0) is 22.8 Å². The molecule has 13 nitrogen and oxygen atoms in total. The number of nitrogens with one attached hydrogen (secondary N) is 2. The van der Waals surface area contributed by atoms with E-state index in [9.17, 15) is 41.1 Å². The maximum absolute atomic E-state index is 14.1. The summed E-state index contributed by atoms with van der Waals surface area (Å²) in [7, 11) is 3.87. The van der Waals surface area contributed by atoms with Gasteiger partial charge in [-0.1, -0.05) is 6.07 Å². The van der Waals surface area contributed by atoms with Crippen molar-refractivity contribution in [2.75, 3.05) is 36.9 Å². The molecule has 8 rings (SSSR count). The zero-order valence-electron chi connectivity index (χ0n) is 32.5. The number of carbonyl (C=O) groups excluding carboxylic acids is 3. The molecule has 5 heterocycles. The Labute approximate surface area is 335 Å². The van der Waals surface area contributed by atoms with Gasteiger partial charge in [0.05, 0.1) is 28.3 Å². The summed E-state index contributed by atoms with van der Waals surface area (Å²) in [5.41, 5.74) is -0.0712. The van der Waals surface area contributed by atoms with Crippen molar-refractivity contribution in [2.45, 2.75) is 82.1 Å². The molecule has 3 aromatic heterocycles. The van der Waals surface area contributed by atoms with Gasteiger partial charge in [-0.15, -0.1) is 0 Å². The van der Waals surface area contributed by atoms with Gasteiger partial charge >= 0.3 is 11.9 Å². The van der Waals surface area contributed by atoms with Crippen LogP contribution in [-0.4, -0.2) is 79.2 Å². The van der Waals surface area contributed by atoms with E-state index in [4.69, 9.17) is 0 Å². The highest BCUT2D eigenvalue weighted by atomic mass is 19.4. The monoisotopic (exact) mass is 821 g/mol.